The van der Waals surface area contributed by atoms with Crippen LogP contribution in [0.25, 0.3) is 11.3 Å². The van der Waals surface area contributed by atoms with Crippen molar-refractivity contribution in [3.05, 3.63) is 30.2 Å². The fraction of sp³-hybridized carbons (Fsp3) is 0.357. The highest BCUT2D eigenvalue weighted by atomic mass is 16.4. The summed E-state index contributed by atoms with van der Waals surface area (Å²) in [5.41, 5.74) is 0.686. The predicted molar refractivity (Wildman–Crippen MR) is 78.1 cm³/mol. The quantitative estimate of drug-likeness (QED) is 0.822. The number of carbonyl (C=O) groups excluding carboxylic acids is 1. The van der Waals surface area contributed by atoms with E-state index in [0.29, 0.717) is 5.56 Å². The van der Waals surface area contributed by atoms with Gasteiger partial charge in [0.15, 0.2) is 5.69 Å². The highest BCUT2D eigenvalue weighted by Gasteiger charge is 2.22. The standard InChI is InChI=1S/C14H17N5O3/c1-3-9(2)16-11(20)8-19-13(10-4-6-15-7-5-10)12(14(21)22)17-18-19/h4-7,9H,3,8H2,1-2H3,(H,16,20)(H,21,22). The molecule has 0 bridgehead atoms. The normalized spacial score (nSPS) is 11.9. The largest absolute Gasteiger partial charge is 0.476 e. The van der Waals surface area contributed by atoms with Crippen LogP contribution in [0.3, 0.4) is 0 Å². The Morgan fingerprint density at radius 1 is 1.36 bits per heavy atom. The molecule has 2 heterocycles. The zero-order valence-electron chi connectivity index (χ0n) is 12.4. The highest BCUT2D eigenvalue weighted by Crippen LogP contribution is 2.21. The van der Waals surface area contributed by atoms with Crippen LogP contribution in [-0.4, -0.2) is 43.0 Å². The second kappa shape index (κ2) is 6.79. The van der Waals surface area contributed by atoms with Crippen LogP contribution in [0.5, 0.6) is 0 Å². The van der Waals surface area contributed by atoms with Crippen molar-refractivity contribution in [2.24, 2.45) is 0 Å². The van der Waals surface area contributed by atoms with Crippen LogP contribution in [0.2, 0.25) is 0 Å². The molecule has 0 aliphatic rings. The first kappa shape index (κ1) is 15.6. The van der Waals surface area contributed by atoms with Gasteiger partial charge in [-0.15, -0.1) is 5.10 Å². The third-order valence-electron chi connectivity index (χ3n) is 3.20. The number of pyridine rings is 1. The van der Waals surface area contributed by atoms with E-state index in [4.69, 9.17) is 0 Å². The molecule has 0 fully saturated rings. The number of carboxylic acid groups (broad SMARTS) is 1. The molecule has 2 aromatic heterocycles. The Balaban J connectivity index is 2.33. The molecular formula is C14H17N5O3. The molecule has 2 rings (SSSR count). The van der Waals surface area contributed by atoms with Crippen molar-refractivity contribution in [1.29, 1.82) is 0 Å². The third kappa shape index (κ3) is 3.46. The third-order valence-corrected chi connectivity index (χ3v) is 3.20. The smallest absolute Gasteiger partial charge is 0.358 e. The van der Waals surface area contributed by atoms with Crippen molar-refractivity contribution in [2.45, 2.75) is 32.9 Å². The molecule has 0 spiro atoms. The SMILES string of the molecule is CCC(C)NC(=O)Cn1nnc(C(=O)O)c1-c1ccncc1. The van der Waals surface area contributed by atoms with Gasteiger partial charge in [-0.2, -0.15) is 0 Å². The molecule has 116 valence electrons. The zero-order chi connectivity index (χ0) is 16.1. The van der Waals surface area contributed by atoms with Crippen molar-refractivity contribution >= 4 is 11.9 Å². The lowest BCUT2D eigenvalue weighted by Gasteiger charge is -2.12. The van der Waals surface area contributed by atoms with E-state index in [-0.39, 0.29) is 29.9 Å². The van der Waals surface area contributed by atoms with Crippen molar-refractivity contribution in [2.75, 3.05) is 0 Å². The highest BCUT2D eigenvalue weighted by molar-refractivity contribution is 5.93. The van der Waals surface area contributed by atoms with Gasteiger partial charge in [-0.1, -0.05) is 12.1 Å². The van der Waals surface area contributed by atoms with Gasteiger partial charge >= 0.3 is 5.97 Å². The molecule has 0 radical (unpaired) electrons. The summed E-state index contributed by atoms with van der Waals surface area (Å²) in [6.45, 7) is 3.76. The molecule has 22 heavy (non-hydrogen) atoms. The predicted octanol–water partition coefficient (Wildman–Crippen LogP) is 0.953. The minimum Gasteiger partial charge on any atom is -0.476 e. The van der Waals surface area contributed by atoms with Crippen LogP contribution in [0.1, 0.15) is 30.8 Å². The molecule has 0 saturated carbocycles. The molecule has 2 aromatic rings. The number of nitrogens with zero attached hydrogens (tertiary/aromatic N) is 4. The number of carbonyl (C=O) groups is 2. The number of hydrogen-bond acceptors (Lipinski definition) is 5. The lowest BCUT2D eigenvalue weighted by Crippen LogP contribution is -2.35. The Labute approximate surface area is 127 Å². The van der Waals surface area contributed by atoms with Crippen molar-refractivity contribution in [1.82, 2.24) is 25.3 Å². The average Bonchev–Trinajstić information content (AvgIpc) is 2.91. The van der Waals surface area contributed by atoms with Crippen LogP contribution in [-0.2, 0) is 11.3 Å². The van der Waals surface area contributed by atoms with Crippen LogP contribution >= 0.6 is 0 Å². The summed E-state index contributed by atoms with van der Waals surface area (Å²) in [6, 6.07) is 3.34. The number of aromatic nitrogens is 4. The van der Waals surface area contributed by atoms with Crippen molar-refractivity contribution in [3.8, 4) is 11.3 Å². The number of nitrogens with one attached hydrogen (secondary N) is 1. The monoisotopic (exact) mass is 303 g/mol. The van der Waals surface area contributed by atoms with Crippen LogP contribution in [0, 0.1) is 0 Å². The molecule has 1 unspecified atom stereocenters. The van der Waals surface area contributed by atoms with Gasteiger partial charge in [0.1, 0.15) is 12.2 Å². The summed E-state index contributed by atoms with van der Waals surface area (Å²) in [5.74, 6) is -1.44. The maximum Gasteiger partial charge on any atom is 0.358 e. The first-order valence-corrected chi connectivity index (χ1v) is 6.89. The van der Waals surface area contributed by atoms with E-state index in [2.05, 4.69) is 20.6 Å². The van der Waals surface area contributed by atoms with Crippen LogP contribution < -0.4 is 5.32 Å². The molecule has 0 aliphatic heterocycles. The summed E-state index contributed by atoms with van der Waals surface area (Å²) >= 11 is 0. The van der Waals surface area contributed by atoms with Crippen LogP contribution in [0.15, 0.2) is 24.5 Å². The Morgan fingerprint density at radius 3 is 2.64 bits per heavy atom. The van der Waals surface area contributed by atoms with Gasteiger partial charge in [0.25, 0.3) is 0 Å². The Hall–Kier alpha value is -2.77. The van der Waals surface area contributed by atoms with Gasteiger partial charge in [-0.05, 0) is 25.5 Å². The van der Waals surface area contributed by atoms with E-state index in [1.165, 1.54) is 17.1 Å². The number of rotatable bonds is 6. The topological polar surface area (TPSA) is 110 Å². The van der Waals surface area contributed by atoms with Gasteiger partial charge in [-0.3, -0.25) is 9.78 Å². The van der Waals surface area contributed by atoms with E-state index in [1.807, 2.05) is 13.8 Å². The molecule has 8 nitrogen and oxygen atoms in total. The van der Waals surface area contributed by atoms with Gasteiger partial charge < -0.3 is 10.4 Å². The number of aromatic carboxylic acids is 1. The fourth-order valence-electron chi connectivity index (χ4n) is 1.92. The summed E-state index contributed by atoms with van der Waals surface area (Å²) in [5, 5.41) is 19.5. The lowest BCUT2D eigenvalue weighted by molar-refractivity contribution is -0.122. The average molecular weight is 303 g/mol. The van der Waals surface area contributed by atoms with Gasteiger partial charge in [0, 0.05) is 24.0 Å². The number of amides is 1. The lowest BCUT2D eigenvalue weighted by atomic mass is 10.1. The van der Waals surface area contributed by atoms with Gasteiger partial charge in [0.05, 0.1) is 0 Å². The number of hydrogen-bond donors (Lipinski definition) is 2. The molecule has 2 N–H and O–H groups in total. The van der Waals surface area contributed by atoms with E-state index in [1.54, 1.807) is 12.1 Å². The summed E-state index contributed by atoms with van der Waals surface area (Å²) in [6.07, 6.45) is 3.88. The Bertz CT molecular complexity index is 668. The van der Waals surface area contributed by atoms with Crippen LogP contribution in [0.4, 0.5) is 0 Å². The minimum absolute atomic E-state index is 0.0411. The van der Waals surface area contributed by atoms with E-state index in [0.717, 1.165) is 6.42 Å². The first-order valence-electron chi connectivity index (χ1n) is 6.89. The summed E-state index contributed by atoms with van der Waals surface area (Å²) in [4.78, 5) is 27.2. The maximum atomic E-state index is 12.0. The fourth-order valence-corrected chi connectivity index (χ4v) is 1.92. The summed E-state index contributed by atoms with van der Waals surface area (Å²) < 4.78 is 1.29. The molecule has 8 heteroatoms. The molecule has 1 atom stereocenters. The zero-order valence-corrected chi connectivity index (χ0v) is 12.4. The minimum atomic E-state index is -1.19. The van der Waals surface area contributed by atoms with Crippen molar-refractivity contribution in [3.63, 3.8) is 0 Å². The molecule has 0 aromatic carbocycles. The van der Waals surface area contributed by atoms with Gasteiger partial charge in [-0.25, -0.2) is 9.48 Å². The number of carboxylic acids is 1. The second-order valence-corrected chi connectivity index (χ2v) is 4.86. The Morgan fingerprint density at radius 2 is 2.05 bits per heavy atom. The molecular weight excluding hydrogens is 286 g/mol. The first-order chi connectivity index (χ1) is 10.5. The second-order valence-electron chi connectivity index (χ2n) is 4.86. The summed E-state index contributed by atoms with van der Waals surface area (Å²) in [7, 11) is 0. The van der Waals surface area contributed by atoms with E-state index < -0.39 is 5.97 Å². The molecule has 0 saturated heterocycles. The van der Waals surface area contributed by atoms with Gasteiger partial charge in [0.2, 0.25) is 5.91 Å². The molecule has 0 aliphatic carbocycles. The Kier molecular flexibility index (Phi) is 4.82. The molecule has 1 amide bonds. The van der Waals surface area contributed by atoms with Crippen molar-refractivity contribution < 1.29 is 14.7 Å². The van der Waals surface area contributed by atoms with E-state index >= 15 is 0 Å². The van der Waals surface area contributed by atoms with E-state index in [9.17, 15) is 14.7 Å². The maximum absolute atomic E-state index is 12.0.